The minimum Gasteiger partial charge on any atom is -0.345 e. The van der Waals surface area contributed by atoms with Gasteiger partial charge in [0.25, 0.3) is 5.91 Å². The highest BCUT2D eigenvalue weighted by Gasteiger charge is 2.21. The van der Waals surface area contributed by atoms with Crippen molar-refractivity contribution in [1.82, 2.24) is 10.3 Å². The van der Waals surface area contributed by atoms with Crippen LogP contribution in [0.2, 0.25) is 0 Å². The van der Waals surface area contributed by atoms with Crippen molar-refractivity contribution in [3.63, 3.8) is 0 Å². The molecule has 1 unspecified atom stereocenters. The van der Waals surface area contributed by atoms with E-state index in [-0.39, 0.29) is 11.9 Å². The summed E-state index contributed by atoms with van der Waals surface area (Å²) in [6.07, 6.45) is 9.61. The van der Waals surface area contributed by atoms with E-state index >= 15 is 0 Å². The number of aryl methyl sites for hydroxylation is 1. The second-order valence-corrected chi connectivity index (χ2v) is 6.48. The van der Waals surface area contributed by atoms with Crippen LogP contribution >= 0.6 is 0 Å². The average molecular weight is 332 g/mol. The summed E-state index contributed by atoms with van der Waals surface area (Å²) in [6, 6.07) is 10.3. The Labute approximate surface area is 149 Å². The van der Waals surface area contributed by atoms with Gasteiger partial charge in [0, 0.05) is 24.4 Å². The van der Waals surface area contributed by atoms with Gasteiger partial charge in [-0.15, -0.1) is 0 Å². The number of carbonyl (C=O) groups is 1. The number of nitrogens with zero attached hydrogens (tertiary/aromatic N) is 1. The topological polar surface area (TPSA) is 42.0 Å². The molecule has 25 heavy (non-hydrogen) atoms. The molecule has 0 bridgehead atoms. The summed E-state index contributed by atoms with van der Waals surface area (Å²) in [5, 5.41) is 3.17. The molecule has 1 aromatic heterocycles. The molecule has 1 heterocycles. The number of benzene rings is 1. The fourth-order valence-corrected chi connectivity index (χ4v) is 3.21. The number of hydrogen-bond acceptors (Lipinski definition) is 2. The van der Waals surface area contributed by atoms with Crippen molar-refractivity contribution in [3.8, 4) is 11.8 Å². The Morgan fingerprint density at radius 2 is 2.20 bits per heavy atom. The van der Waals surface area contributed by atoms with Crippen molar-refractivity contribution in [2.45, 2.75) is 51.5 Å². The van der Waals surface area contributed by atoms with Crippen LogP contribution in [0.3, 0.4) is 0 Å². The molecule has 3 heteroatoms. The maximum absolute atomic E-state index is 12.7. The highest BCUT2D eigenvalue weighted by atomic mass is 16.1. The number of aromatic nitrogens is 1. The standard InChI is InChI=1S/C22H24N2O/c1-2-3-4-5-9-17-14-19(16-23-15-17)22(25)24-21-13-8-11-18-10-6-7-12-20(18)21/h6-7,10,12,14-16,21H,2-4,8,11,13H2,1H3,(H,24,25). The number of pyridine rings is 1. The van der Waals surface area contributed by atoms with Gasteiger partial charge in [0.05, 0.1) is 11.6 Å². The predicted octanol–water partition coefficient (Wildman–Crippen LogP) is 4.43. The van der Waals surface area contributed by atoms with Gasteiger partial charge in [0.2, 0.25) is 0 Å². The summed E-state index contributed by atoms with van der Waals surface area (Å²) >= 11 is 0. The van der Waals surface area contributed by atoms with Crippen LogP contribution in [0.5, 0.6) is 0 Å². The third-order valence-electron chi connectivity index (χ3n) is 4.56. The highest BCUT2D eigenvalue weighted by molar-refractivity contribution is 5.94. The van der Waals surface area contributed by atoms with Crippen LogP contribution < -0.4 is 5.32 Å². The molecule has 1 aliphatic carbocycles. The van der Waals surface area contributed by atoms with Crippen molar-refractivity contribution < 1.29 is 4.79 Å². The molecule has 128 valence electrons. The van der Waals surface area contributed by atoms with Gasteiger partial charge < -0.3 is 5.32 Å². The third-order valence-corrected chi connectivity index (χ3v) is 4.56. The second-order valence-electron chi connectivity index (χ2n) is 6.48. The summed E-state index contributed by atoms with van der Waals surface area (Å²) in [5.74, 6) is 6.17. The number of hydrogen-bond donors (Lipinski definition) is 1. The molecular formula is C22H24N2O. The number of rotatable bonds is 4. The number of nitrogens with one attached hydrogen (secondary N) is 1. The Morgan fingerprint density at radius 1 is 1.32 bits per heavy atom. The van der Waals surface area contributed by atoms with Gasteiger partial charge in [-0.2, -0.15) is 0 Å². The zero-order valence-corrected chi connectivity index (χ0v) is 14.7. The molecule has 1 atom stereocenters. The first kappa shape index (κ1) is 17.2. The summed E-state index contributed by atoms with van der Waals surface area (Å²) in [7, 11) is 0. The van der Waals surface area contributed by atoms with Crippen molar-refractivity contribution in [2.75, 3.05) is 0 Å². The first-order chi connectivity index (χ1) is 12.3. The van der Waals surface area contributed by atoms with E-state index in [1.54, 1.807) is 12.4 Å². The molecule has 1 aromatic carbocycles. The van der Waals surface area contributed by atoms with Gasteiger partial charge >= 0.3 is 0 Å². The lowest BCUT2D eigenvalue weighted by molar-refractivity contribution is 0.0932. The molecule has 0 aliphatic heterocycles. The molecule has 0 fully saturated rings. The smallest absolute Gasteiger partial charge is 0.253 e. The number of amides is 1. The average Bonchev–Trinajstić information content (AvgIpc) is 2.66. The van der Waals surface area contributed by atoms with E-state index in [9.17, 15) is 4.79 Å². The molecule has 3 nitrogen and oxygen atoms in total. The largest absolute Gasteiger partial charge is 0.345 e. The Hall–Kier alpha value is -2.60. The number of unbranched alkanes of at least 4 members (excludes halogenated alkanes) is 2. The van der Waals surface area contributed by atoms with E-state index in [1.165, 1.54) is 11.1 Å². The van der Waals surface area contributed by atoms with Crippen molar-refractivity contribution in [2.24, 2.45) is 0 Å². The van der Waals surface area contributed by atoms with E-state index in [4.69, 9.17) is 0 Å². The lowest BCUT2D eigenvalue weighted by Crippen LogP contribution is -2.31. The monoisotopic (exact) mass is 332 g/mol. The number of carbonyl (C=O) groups excluding carboxylic acids is 1. The van der Waals surface area contributed by atoms with Crippen LogP contribution in [-0.4, -0.2) is 10.9 Å². The van der Waals surface area contributed by atoms with Crippen LogP contribution in [0.1, 0.15) is 72.1 Å². The zero-order valence-electron chi connectivity index (χ0n) is 14.7. The molecule has 2 aromatic rings. The molecular weight excluding hydrogens is 308 g/mol. The molecule has 0 radical (unpaired) electrons. The summed E-state index contributed by atoms with van der Waals surface area (Å²) in [5.41, 5.74) is 3.96. The Morgan fingerprint density at radius 3 is 3.08 bits per heavy atom. The van der Waals surface area contributed by atoms with E-state index < -0.39 is 0 Å². The SMILES string of the molecule is CCCCC#Cc1cncc(C(=O)NC2CCCc3ccccc32)c1. The maximum atomic E-state index is 12.7. The summed E-state index contributed by atoms with van der Waals surface area (Å²) in [6.45, 7) is 2.15. The van der Waals surface area contributed by atoms with Crippen LogP contribution in [0.4, 0.5) is 0 Å². The lowest BCUT2D eigenvalue weighted by Gasteiger charge is -2.26. The molecule has 0 saturated carbocycles. The third kappa shape index (κ3) is 4.48. The lowest BCUT2D eigenvalue weighted by atomic mass is 9.87. The Bertz CT molecular complexity index is 801. The van der Waals surface area contributed by atoms with Gasteiger partial charge in [-0.25, -0.2) is 0 Å². The van der Waals surface area contributed by atoms with Gasteiger partial charge in [-0.1, -0.05) is 49.5 Å². The minimum atomic E-state index is -0.0774. The fraction of sp³-hybridized carbons (Fsp3) is 0.364. The van der Waals surface area contributed by atoms with Crippen LogP contribution in [-0.2, 0) is 6.42 Å². The van der Waals surface area contributed by atoms with Crippen molar-refractivity contribution >= 4 is 5.91 Å². The van der Waals surface area contributed by atoms with E-state index in [0.717, 1.165) is 44.1 Å². The first-order valence-corrected chi connectivity index (χ1v) is 9.10. The van der Waals surface area contributed by atoms with E-state index in [1.807, 2.05) is 12.1 Å². The summed E-state index contributed by atoms with van der Waals surface area (Å²) in [4.78, 5) is 16.8. The minimum absolute atomic E-state index is 0.0774. The van der Waals surface area contributed by atoms with Gasteiger partial charge in [0.1, 0.15) is 0 Å². The molecule has 3 rings (SSSR count). The van der Waals surface area contributed by atoms with Crippen LogP contribution in [0, 0.1) is 11.8 Å². The predicted molar refractivity (Wildman–Crippen MR) is 100 cm³/mol. The molecule has 1 aliphatic rings. The molecule has 0 saturated heterocycles. The zero-order chi connectivity index (χ0) is 17.5. The summed E-state index contributed by atoms with van der Waals surface area (Å²) < 4.78 is 0. The van der Waals surface area contributed by atoms with Gasteiger partial charge in [-0.3, -0.25) is 9.78 Å². The fourth-order valence-electron chi connectivity index (χ4n) is 3.21. The van der Waals surface area contributed by atoms with Gasteiger partial charge in [-0.05, 0) is 42.9 Å². The Kier molecular flexibility index (Phi) is 5.85. The maximum Gasteiger partial charge on any atom is 0.253 e. The molecule has 1 N–H and O–H groups in total. The normalized spacial score (nSPS) is 15.6. The molecule has 1 amide bonds. The van der Waals surface area contributed by atoms with Crippen LogP contribution in [0.15, 0.2) is 42.7 Å². The van der Waals surface area contributed by atoms with Crippen molar-refractivity contribution in [3.05, 3.63) is 65.0 Å². The molecule has 0 spiro atoms. The number of fused-ring (bicyclic) bond motifs is 1. The Balaban J connectivity index is 1.71. The van der Waals surface area contributed by atoms with Crippen molar-refractivity contribution in [1.29, 1.82) is 0 Å². The first-order valence-electron chi connectivity index (χ1n) is 9.10. The highest BCUT2D eigenvalue weighted by Crippen LogP contribution is 2.29. The quantitative estimate of drug-likeness (QED) is 0.665. The van der Waals surface area contributed by atoms with E-state index in [2.05, 4.69) is 47.3 Å². The van der Waals surface area contributed by atoms with Gasteiger partial charge in [0.15, 0.2) is 0 Å². The second kappa shape index (κ2) is 8.48. The van der Waals surface area contributed by atoms with E-state index in [0.29, 0.717) is 5.56 Å². The van der Waals surface area contributed by atoms with Crippen LogP contribution in [0.25, 0.3) is 0 Å².